The molecule has 2 aromatic carbocycles. The van der Waals surface area contributed by atoms with Crippen molar-refractivity contribution in [3.05, 3.63) is 83.9 Å². The maximum atomic E-state index is 5.98. The van der Waals surface area contributed by atoms with Gasteiger partial charge in [-0.2, -0.15) is 0 Å². The van der Waals surface area contributed by atoms with Gasteiger partial charge in [0.15, 0.2) is 0 Å². The Bertz CT molecular complexity index is 686. The van der Waals surface area contributed by atoms with Crippen LogP contribution in [0, 0.1) is 10.8 Å². The number of ether oxygens (including phenoxy) is 1. The fraction of sp³-hybridized carbons (Fsp3) is 0.385. The van der Waals surface area contributed by atoms with E-state index in [0.717, 1.165) is 0 Å². The van der Waals surface area contributed by atoms with Crippen molar-refractivity contribution in [1.29, 1.82) is 0 Å². The van der Waals surface area contributed by atoms with Crippen LogP contribution < -0.4 is 0 Å². The van der Waals surface area contributed by atoms with Crippen LogP contribution >= 0.6 is 0 Å². The van der Waals surface area contributed by atoms with E-state index < -0.39 is 0 Å². The summed E-state index contributed by atoms with van der Waals surface area (Å²) in [6.07, 6.45) is 4.45. The topological polar surface area (TPSA) is 9.23 Å². The summed E-state index contributed by atoms with van der Waals surface area (Å²) in [4.78, 5) is 0. The van der Waals surface area contributed by atoms with Crippen molar-refractivity contribution in [2.45, 2.75) is 41.5 Å². The van der Waals surface area contributed by atoms with Crippen molar-refractivity contribution in [2.24, 2.45) is 10.8 Å². The van der Waals surface area contributed by atoms with Gasteiger partial charge in [-0.3, -0.25) is 0 Å². The standard InChI is InChI=1S/C26H34O/c1-25(2,3)23(21-13-9-7-10-14-21)17-19-27-20-18-24(26(4,5)6)22-15-11-8-12-16-22/h7-18H,19-20H2,1-6H3. The second-order valence-corrected chi connectivity index (χ2v) is 9.01. The van der Waals surface area contributed by atoms with Crippen molar-refractivity contribution in [3.63, 3.8) is 0 Å². The summed E-state index contributed by atoms with van der Waals surface area (Å²) in [5.74, 6) is 0. The zero-order valence-corrected chi connectivity index (χ0v) is 17.8. The van der Waals surface area contributed by atoms with E-state index in [0.29, 0.717) is 13.2 Å². The third-order valence-corrected chi connectivity index (χ3v) is 4.60. The Labute approximate surface area is 165 Å². The van der Waals surface area contributed by atoms with Gasteiger partial charge < -0.3 is 4.74 Å². The van der Waals surface area contributed by atoms with Crippen molar-refractivity contribution in [3.8, 4) is 0 Å². The maximum absolute atomic E-state index is 5.98. The van der Waals surface area contributed by atoms with Crippen molar-refractivity contribution >= 4 is 11.1 Å². The van der Waals surface area contributed by atoms with Gasteiger partial charge in [0.05, 0.1) is 13.2 Å². The molecule has 0 aliphatic carbocycles. The third-order valence-electron chi connectivity index (χ3n) is 4.60. The van der Waals surface area contributed by atoms with Crippen LogP contribution in [0.3, 0.4) is 0 Å². The Hall–Kier alpha value is -2.12. The van der Waals surface area contributed by atoms with Crippen molar-refractivity contribution in [2.75, 3.05) is 13.2 Å². The Morgan fingerprint density at radius 1 is 0.630 bits per heavy atom. The number of hydrogen-bond donors (Lipinski definition) is 0. The van der Waals surface area contributed by atoms with Gasteiger partial charge in [0.2, 0.25) is 0 Å². The minimum Gasteiger partial charge on any atom is -0.373 e. The van der Waals surface area contributed by atoms with Gasteiger partial charge >= 0.3 is 0 Å². The molecule has 0 unspecified atom stereocenters. The van der Waals surface area contributed by atoms with Crippen LogP contribution in [0.5, 0.6) is 0 Å². The minimum atomic E-state index is 0.0845. The molecular weight excluding hydrogens is 328 g/mol. The molecule has 0 bridgehead atoms. The summed E-state index contributed by atoms with van der Waals surface area (Å²) in [7, 11) is 0. The molecule has 0 saturated heterocycles. The molecule has 2 rings (SSSR count). The minimum absolute atomic E-state index is 0.0845. The summed E-state index contributed by atoms with van der Waals surface area (Å²) in [6.45, 7) is 14.7. The van der Waals surface area contributed by atoms with Gasteiger partial charge in [-0.1, -0.05) is 114 Å². The highest BCUT2D eigenvalue weighted by Crippen LogP contribution is 2.34. The molecule has 2 aromatic rings. The van der Waals surface area contributed by atoms with E-state index >= 15 is 0 Å². The zero-order valence-electron chi connectivity index (χ0n) is 17.8. The molecule has 0 N–H and O–H groups in total. The van der Waals surface area contributed by atoms with E-state index in [1.807, 2.05) is 0 Å². The van der Waals surface area contributed by atoms with Crippen LogP contribution in [0.2, 0.25) is 0 Å². The molecular formula is C26H34O. The first-order valence-electron chi connectivity index (χ1n) is 9.79. The summed E-state index contributed by atoms with van der Waals surface area (Å²) >= 11 is 0. The Morgan fingerprint density at radius 3 is 1.26 bits per heavy atom. The molecule has 0 atom stereocenters. The van der Waals surface area contributed by atoms with E-state index in [1.165, 1.54) is 22.3 Å². The maximum Gasteiger partial charge on any atom is 0.0657 e. The Kier molecular flexibility index (Phi) is 7.21. The lowest BCUT2D eigenvalue weighted by atomic mass is 9.82. The number of hydrogen-bond acceptors (Lipinski definition) is 1. The fourth-order valence-electron chi connectivity index (χ4n) is 3.30. The predicted molar refractivity (Wildman–Crippen MR) is 119 cm³/mol. The average molecular weight is 363 g/mol. The van der Waals surface area contributed by atoms with E-state index in [1.54, 1.807) is 0 Å². The van der Waals surface area contributed by atoms with Crippen LogP contribution in [0.15, 0.2) is 72.8 Å². The molecule has 144 valence electrons. The van der Waals surface area contributed by atoms with E-state index in [2.05, 4.69) is 114 Å². The van der Waals surface area contributed by atoms with E-state index in [-0.39, 0.29) is 10.8 Å². The normalized spacial score (nSPS) is 13.7. The van der Waals surface area contributed by atoms with Crippen molar-refractivity contribution < 1.29 is 4.74 Å². The smallest absolute Gasteiger partial charge is 0.0657 e. The van der Waals surface area contributed by atoms with Gasteiger partial charge in [0.1, 0.15) is 0 Å². The highest BCUT2D eigenvalue weighted by Gasteiger charge is 2.19. The van der Waals surface area contributed by atoms with E-state index in [4.69, 9.17) is 4.74 Å². The lowest BCUT2D eigenvalue weighted by Crippen LogP contribution is -2.11. The zero-order chi connectivity index (χ0) is 19.9. The first-order chi connectivity index (χ1) is 12.7. The lowest BCUT2D eigenvalue weighted by molar-refractivity contribution is 0.193. The summed E-state index contributed by atoms with van der Waals surface area (Å²) in [6, 6.07) is 21.2. The largest absolute Gasteiger partial charge is 0.373 e. The molecule has 1 heteroatoms. The first-order valence-corrected chi connectivity index (χ1v) is 9.79. The predicted octanol–water partition coefficient (Wildman–Crippen LogP) is 7.26. The Morgan fingerprint density at radius 2 is 0.963 bits per heavy atom. The second-order valence-electron chi connectivity index (χ2n) is 9.01. The third kappa shape index (κ3) is 6.52. The van der Waals surface area contributed by atoms with Crippen molar-refractivity contribution in [1.82, 2.24) is 0 Å². The molecule has 0 radical (unpaired) electrons. The number of rotatable bonds is 6. The molecule has 0 aliphatic heterocycles. The molecule has 27 heavy (non-hydrogen) atoms. The Balaban J connectivity index is 2.09. The summed E-state index contributed by atoms with van der Waals surface area (Å²) in [5, 5.41) is 0. The molecule has 0 saturated carbocycles. The molecule has 0 aromatic heterocycles. The summed E-state index contributed by atoms with van der Waals surface area (Å²) in [5.41, 5.74) is 5.35. The molecule has 0 amide bonds. The number of benzene rings is 2. The number of allylic oxidation sites excluding steroid dienone is 2. The van der Waals surface area contributed by atoms with Crippen LogP contribution in [-0.2, 0) is 4.74 Å². The van der Waals surface area contributed by atoms with E-state index in [9.17, 15) is 0 Å². The van der Waals surface area contributed by atoms with Gasteiger partial charge in [-0.05, 0) is 33.1 Å². The molecule has 1 nitrogen and oxygen atoms in total. The van der Waals surface area contributed by atoms with Crippen LogP contribution in [0.4, 0.5) is 0 Å². The lowest BCUT2D eigenvalue weighted by Gasteiger charge is -2.24. The first kappa shape index (κ1) is 21.2. The van der Waals surface area contributed by atoms with Gasteiger partial charge in [-0.15, -0.1) is 0 Å². The fourth-order valence-corrected chi connectivity index (χ4v) is 3.30. The van der Waals surface area contributed by atoms with Crippen LogP contribution in [-0.4, -0.2) is 13.2 Å². The highest BCUT2D eigenvalue weighted by atomic mass is 16.5. The van der Waals surface area contributed by atoms with Gasteiger partial charge in [0, 0.05) is 0 Å². The SMILES string of the molecule is CC(C)(C)C(=CCOCC=C(c1ccccc1)C(C)(C)C)c1ccccc1. The second kappa shape index (κ2) is 9.19. The molecule has 0 spiro atoms. The van der Waals surface area contributed by atoms with Gasteiger partial charge in [0.25, 0.3) is 0 Å². The van der Waals surface area contributed by atoms with Crippen LogP contribution in [0.25, 0.3) is 11.1 Å². The molecule has 0 fully saturated rings. The average Bonchev–Trinajstić information content (AvgIpc) is 2.60. The van der Waals surface area contributed by atoms with Gasteiger partial charge in [-0.25, -0.2) is 0 Å². The summed E-state index contributed by atoms with van der Waals surface area (Å²) < 4.78 is 5.98. The monoisotopic (exact) mass is 362 g/mol. The molecule has 0 aliphatic rings. The van der Waals surface area contributed by atoms with Crippen LogP contribution in [0.1, 0.15) is 52.7 Å². The molecule has 0 heterocycles. The quantitative estimate of drug-likeness (QED) is 0.491. The highest BCUT2D eigenvalue weighted by molar-refractivity contribution is 5.70.